The van der Waals surface area contributed by atoms with Gasteiger partial charge in [-0.15, -0.1) is 0 Å². The summed E-state index contributed by atoms with van der Waals surface area (Å²) in [5.74, 6) is 0.573. The predicted octanol–water partition coefficient (Wildman–Crippen LogP) is 1.57. The maximum atomic E-state index is 8.76. The number of nitrogens with two attached hydrogens (primary N) is 1. The Balaban J connectivity index is 1.64. The van der Waals surface area contributed by atoms with E-state index in [0.29, 0.717) is 17.6 Å². The highest BCUT2D eigenvalue weighted by molar-refractivity contribution is 5.46. The van der Waals surface area contributed by atoms with Gasteiger partial charge in [-0.1, -0.05) is 0 Å². The van der Waals surface area contributed by atoms with Crippen LogP contribution in [-0.2, 0) is 0 Å². The molecule has 0 radical (unpaired) electrons. The van der Waals surface area contributed by atoms with E-state index in [9.17, 15) is 0 Å². The Morgan fingerprint density at radius 2 is 2.05 bits per heavy atom. The first kappa shape index (κ1) is 12.5. The molecule has 2 aromatic heterocycles. The highest BCUT2D eigenvalue weighted by atomic mass is 15.3. The van der Waals surface area contributed by atoms with Gasteiger partial charge in [0.05, 0.1) is 17.9 Å². The van der Waals surface area contributed by atoms with E-state index in [1.54, 1.807) is 12.3 Å². The van der Waals surface area contributed by atoms with Crippen molar-refractivity contribution in [3.8, 4) is 6.07 Å². The predicted molar refractivity (Wildman–Crippen MR) is 76.1 cm³/mol. The Morgan fingerprint density at radius 1 is 1.25 bits per heavy atom. The molecule has 6 nitrogen and oxygen atoms in total. The molecule has 102 valence electrons. The molecule has 1 saturated heterocycles. The van der Waals surface area contributed by atoms with E-state index in [2.05, 4.69) is 15.0 Å². The molecule has 0 aliphatic carbocycles. The van der Waals surface area contributed by atoms with E-state index >= 15 is 0 Å². The van der Waals surface area contributed by atoms with Crippen LogP contribution in [0.2, 0.25) is 0 Å². The molecule has 1 fully saturated rings. The molecule has 3 rings (SSSR count). The van der Waals surface area contributed by atoms with Crippen molar-refractivity contribution in [3.63, 3.8) is 0 Å². The molecule has 0 saturated carbocycles. The first-order valence-corrected chi connectivity index (χ1v) is 6.68. The molecule has 0 aromatic carbocycles. The first-order chi connectivity index (χ1) is 9.76. The second kappa shape index (κ2) is 5.21. The maximum absolute atomic E-state index is 8.76. The van der Waals surface area contributed by atoms with Gasteiger partial charge in [0.2, 0.25) is 0 Å². The summed E-state index contributed by atoms with van der Waals surface area (Å²) in [4.78, 5) is 6.41. The molecular formula is C14H16N6. The fraction of sp³-hybridized carbons (Fsp3) is 0.357. The summed E-state index contributed by atoms with van der Waals surface area (Å²) in [6, 6.07) is 7.99. The number of hydrogen-bond acceptors (Lipinski definition) is 5. The number of nitrogen functional groups attached to an aromatic ring is 1. The third-order valence-electron chi connectivity index (χ3n) is 3.70. The lowest BCUT2D eigenvalue weighted by Crippen LogP contribution is -2.34. The second-order valence-corrected chi connectivity index (χ2v) is 4.95. The summed E-state index contributed by atoms with van der Waals surface area (Å²) in [5.41, 5.74) is 7.18. The maximum Gasteiger partial charge on any atom is 0.145 e. The van der Waals surface area contributed by atoms with Gasteiger partial charge in [-0.3, -0.25) is 4.68 Å². The van der Waals surface area contributed by atoms with Crippen LogP contribution < -0.4 is 10.6 Å². The van der Waals surface area contributed by atoms with E-state index in [-0.39, 0.29) is 0 Å². The minimum absolute atomic E-state index is 0.412. The number of rotatable bonds is 2. The van der Waals surface area contributed by atoms with E-state index in [1.165, 1.54) is 0 Å². The number of pyridine rings is 1. The molecule has 1 aliphatic rings. The van der Waals surface area contributed by atoms with Crippen LogP contribution in [0.1, 0.15) is 24.6 Å². The van der Waals surface area contributed by atoms with Gasteiger partial charge in [0, 0.05) is 19.3 Å². The highest BCUT2D eigenvalue weighted by Crippen LogP contribution is 2.25. The topological polar surface area (TPSA) is 83.8 Å². The summed E-state index contributed by atoms with van der Waals surface area (Å²) in [6.45, 7) is 1.91. The van der Waals surface area contributed by atoms with Gasteiger partial charge in [-0.05, 0) is 31.0 Å². The van der Waals surface area contributed by atoms with Crippen molar-refractivity contribution < 1.29 is 0 Å². The van der Waals surface area contributed by atoms with Gasteiger partial charge in [-0.2, -0.15) is 10.4 Å². The lowest BCUT2D eigenvalue weighted by Gasteiger charge is -2.33. The summed E-state index contributed by atoms with van der Waals surface area (Å²) in [7, 11) is 0. The van der Waals surface area contributed by atoms with Crippen LogP contribution >= 0.6 is 0 Å². The average molecular weight is 268 g/mol. The molecule has 3 heterocycles. The van der Waals surface area contributed by atoms with Crippen molar-refractivity contribution in [3.05, 3.63) is 36.3 Å². The summed E-state index contributed by atoms with van der Waals surface area (Å²) in [5, 5.41) is 13.0. The summed E-state index contributed by atoms with van der Waals surface area (Å²) < 4.78 is 1.96. The van der Waals surface area contributed by atoms with Gasteiger partial charge >= 0.3 is 0 Å². The quantitative estimate of drug-likeness (QED) is 0.893. The zero-order valence-electron chi connectivity index (χ0n) is 11.1. The minimum Gasteiger partial charge on any atom is -0.382 e. The third-order valence-corrected chi connectivity index (χ3v) is 3.70. The van der Waals surface area contributed by atoms with E-state index in [4.69, 9.17) is 11.0 Å². The van der Waals surface area contributed by atoms with Crippen LogP contribution in [0, 0.1) is 11.3 Å². The Hall–Kier alpha value is -2.55. The van der Waals surface area contributed by atoms with Crippen LogP contribution in [0.4, 0.5) is 11.5 Å². The number of aromatic nitrogens is 3. The Kier molecular flexibility index (Phi) is 3.25. The molecule has 2 N–H and O–H groups in total. The highest BCUT2D eigenvalue weighted by Gasteiger charge is 2.21. The number of nitrogens with zero attached hydrogens (tertiary/aromatic N) is 5. The van der Waals surface area contributed by atoms with Gasteiger partial charge in [0.15, 0.2) is 0 Å². The fourth-order valence-corrected chi connectivity index (χ4v) is 2.58. The summed E-state index contributed by atoms with van der Waals surface area (Å²) >= 11 is 0. The van der Waals surface area contributed by atoms with Crippen molar-refractivity contribution in [2.24, 2.45) is 0 Å². The molecule has 6 heteroatoms. The minimum atomic E-state index is 0.412. The summed E-state index contributed by atoms with van der Waals surface area (Å²) in [6.07, 6.45) is 5.77. The van der Waals surface area contributed by atoms with E-state index in [0.717, 1.165) is 31.6 Å². The van der Waals surface area contributed by atoms with Crippen molar-refractivity contribution >= 4 is 11.5 Å². The zero-order chi connectivity index (χ0) is 13.9. The van der Waals surface area contributed by atoms with Crippen molar-refractivity contribution in [2.45, 2.75) is 18.9 Å². The smallest absolute Gasteiger partial charge is 0.145 e. The molecule has 1 aliphatic heterocycles. The number of piperidine rings is 1. The van der Waals surface area contributed by atoms with Crippen LogP contribution in [0.25, 0.3) is 0 Å². The average Bonchev–Trinajstić information content (AvgIpc) is 2.94. The normalized spacial score (nSPS) is 16.1. The fourth-order valence-electron chi connectivity index (χ4n) is 2.58. The number of nitriles is 1. The molecule has 0 bridgehead atoms. The molecule has 0 unspecified atom stereocenters. The van der Waals surface area contributed by atoms with Crippen LogP contribution in [0.15, 0.2) is 30.6 Å². The van der Waals surface area contributed by atoms with Gasteiger partial charge < -0.3 is 10.6 Å². The lowest BCUT2D eigenvalue weighted by molar-refractivity contribution is 0.367. The van der Waals surface area contributed by atoms with Gasteiger partial charge in [0.25, 0.3) is 0 Å². The van der Waals surface area contributed by atoms with Crippen LogP contribution in [0.5, 0.6) is 0 Å². The molecule has 20 heavy (non-hydrogen) atoms. The Bertz CT molecular complexity index is 616. The van der Waals surface area contributed by atoms with Crippen LogP contribution in [-0.4, -0.2) is 27.9 Å². The largest absolute Gasteiger partial charge is 0.382 e. The van der Waals surface area contributed by atoms with Crippen molar-refractivity contribution in [2.75, 3.05) is 23.7 Å². The Morgan fingerprint density at radius 3 is 2.60 bits per heavy atom. The SMILES string of the molecule is N#Cc1ccc(N2CCC(n3ccc(N)n3)CC2)cn1. The van der Waals surface area contributed by atoms with Crippen molar-refractivity contribution in [1.29, 1.82) is 5.26 Å². The zero-order valence-corrected chi connectivity index (χ0v) is 11.1. The monoisotopic (exact) mass is 268 g/mol. The standard InChI is InChI=1S/C14H16N6/c15-9-11-1-2-13(10-17-11)19-6-3-12(4-7-19)20-8-5-14(16)18-20/h1-2,5,8,10,12H,3-4,6-7H2,(H2,16,18). The number of anilines is 2. The molecule has 0 amide bonds. The second-order valence-electron chi connectivity index (χ2n) is 4.95. The Labute approximate surface area is 117 Å². The molecule has 0 atom stereocenters. The van der Waals surface area contributed by atoms with Crippen molar-refractivity contribution in [1.82, 2.24) is 14.8 Å². The lowest BCUT2D eigenvalue weighted by atomic mass is 10.0. The van der Waals surface area contributed by atoms with E-state index < -0.39 is 0 Å². The third kappa shape index (κ3) is 2.43. The van der Waals surface area contributed by atoms with Gasteiger partial charge in [-0.25, -0.2) is 4.98 Å². The molecule has 0 spiro atoms. The van der Waals surface area contributed by atoms with E-state index in [1.807, 2.05) is 29.1 Å². The van der Waals surface area contributed by atoms with Crippen LogP contribution in [0.3, 0.4) is 0 Å². The first-order valence-electron chi connectivity index (χ1n) is 6.68. The van der Waals surface area contributed by atoms with Gasteiger partial charge in [0.1, 0.15) is 17.6 Å². The number of hydrogen-bond donors (Lipinski definition) is 1. The molecular weight excluding hydrogens is 252 g/mol. The molecule has 2 aromatic rings.